The summed E-state index contributed by atoms with van der Waals surface area (Å²) in [5.74, 6) is -0.0677. The van der Waals surface area contributed by atoms with Gasteiger partial charge in [-0.25, -0.2) is 0 Å². The van der Waals surface area contributed by atoms with Gasteiger partial charge < -0.3 is 14.9 Å². The first kappa shape index (κ1) is 15.4. The van der Waals surface area contributed by atoms with Gasteiger partial charge in [-0.2, -0.15) is 0 Å². The highest BCUT2D eigenvalue weighted by atomic mass is 32.2. The minimum Gasteiger partial charge on any atom is -0.394 e. The van der Waals surface area contributed by atoms with Crippen LogP contribution in [0.1, 0.15) is 20.7 Å². The zero-order valence-electron chi connectivity index (χ0n) is 13.1. The Morgan fingerprint density at radius 1 is 1.17 bits per heavy atom. The molecule has 7 heteroatoms. The second-order valence-electron chi connectivity index (χ2n) is 6.15. The van der Waals surface area contributed by atoms with Crippen molar-refractivity contribution >= 4 is 29.2 Å². The van der Waals surface area contributed by atoms with Gasteiger partial charge in [0.15, 0.2) is 0 Å². The maximum atomic E-state index is 13.0. The number of allylic oxidation sites excluding steroid dienone is 2. The molecule has 0 aromatic heterocycles. The van der Waals surface area contributed by atoms with Gasteiger partial charge in [0.05, 0.1) is 17.6 Å². The van der Waals surface area contributed by atoms with Gasteiger partial charge in [0, 0.05) is 30.5 Å². The molecular formula is C17H16N2O4S. The van der Waals surface area contributed by atoms with Crippen molar-refractivity contribution in [2.45, 2.75) is 12.1 Å². The number of benzene rings is 1. The zero-order valence-corrected chi connectivity index (χ0v) is 13.9. The summed E-state index contributed by atoms with van der Waals surface area (Å²) in [6, 6.07) is 5.93. The van der Waals surface area contributed by atoms with Crippen LogP contribution in [-0.4, -0.2) is 70.4 Å². The van der Waals surface area contributed by atoms with Crippen LogP contribution in [0, 0.1) is 0 Å². The van der Waals surface area contributed by atoms with Crippen molar-refractivity contribution in [2.75, 3.05) is 26.0 Å². The summed E-state index contributed by atoms with van der Waals surface area (Å²) in [4.78, 5) is 42.0. The lowest BCUT2D eigenvalue weighted by Crippen LogP contribution is -2.63. The minimum atomic E-state index is -0.469. The third-order valence-electron chi connectivity index (χ3n) is 4.90. The number of Topliss-reactive ketones (excluding diaryl/α,β-unsaturated/α-hetero) is 2. The van der Waals surface area contributed by atoms with E-state index in [0.717, 1.165) is 0 Å². The smallest absolute Gasteiger partial charge is 0.246 e. The van der Waals surface area contributed by atoms with Gasteiger partial charge in [0.2, 0.25) is 17.5 Å². The third kappa shape index (κ3) is 1.98. The highest BCUT2D eigenvalue weighted by molar-refractivity contribution is 8.04. The Bertz CT molecular complexity index is 804. The maximum Gasteiger partial charge on any atom is 0.246 e. The lowest BCUT2D eigenvalue weighted by atomic mass is 9.90. The standard InChI is InChI=1S/C17H16N2O4S/c1-18-9(7-20)6-19-12(17(18)23)8-24-16-13(19)14(21)10-4-2-3-5-11(10)15(16)22/h2-5,9,12,20H,6-8H2,1H3/t9-,12-/m1/s1. The Morgan fingerprint density at radius 3 is 2.50 bits per heavy atom. The number of hydrogen-bond donors (Lipinski definition) is 1. The Morgan fingerprint density at radius 2 is 1.83 bits per heavy atom. The number of hydrogen-bond acceptors (Lipinski definition) is 6. The molecule has 2 heterocycles. The van der Waals surface area contributed by atoms with Gasteiger partial charge in [0.25, 0.3) is 0 Å². The van der Waals surface area contributed by atoms with Gasteiger partial charge in [-0.15, -0.1) is 11.8 Å². The summed E-state index contributed by atoms with van der Waals surface area (Å²) < 4.78 is 0. The fourth-order valence-corrected chi connectivity index (χ4v) is 4.75. The van der Waals surface area contributed by atoms with Crippen LogP contribution in [0.3, 0.4) is 0 Å². The average Bonchev–Trinajstić information content (AvgIpc) is 2.61. The number of nitrogens with zero attached hydrogens (tertiary/aromatic N) is 2. The molecule has 4 rings (SSSR count). The largest absolute Gasteiger partial charge is 0.394 e. The topological polar surface area (TPSA) is 77.9 Å². The molecule has 24 heavy (non-hydrogen) atoms. The number of amides is 1. The molecule has 1 N–H and O–H groups in total. The summed E-state index contributed by atoms with van der Waals surface area (Å²) in [5.41, 5.74) is 1.13. The van der Waals surface area contributed by atoms with Crippen LogP contribution in [0.2, 0.25) is 0 Å². The SMILES string of the molecule is CN1C(=O)[C@H]2CSC3=C(C(=O)c4ccccc4C3=O)N2C[C@@H]1CO. The van der Waals surface area contributed by atoms with Crippen molar-refractivity contribution < 1.29 is 19.5 Å². The third-order valence-corrected chi connectivity index (χ3v) is 6.05. The quantitative estimate of drug-likeness (QED) is 0.801. The van der Waals surface area contributed by atoms with E-state index >= 15 is 0 Å². The number of piperazine rings is 1. The summed E-state index contributed by atoms with van der Waals surface area (Å²) >= 11 is 1.28. The van der Waals surface area contributed by atoms with Gasteiger partial charge in [0.1, 0.15) is 11.7 Å². The zero-order chi connectivity index (χ0) is 17.0. The van der Waals surface area contributed by atoms with Gasteiger partial charge >= 0.3 is 0 Å². The summed E-state index contributed by atoms with van der Waals surface area (Å²) in [7, 11) is 1.66. The minimum absolute atomic E-state index is 0.126. The van der Waals surface area contributed by atoms with E-state index in [9.17, 15) is 19.5 Å². The lowest BCUT2D eigenvalue weighted by molar-refractivity contribution is -0.142. The van der Waals surface area contributed by atoms with Crippen LogP contribution in [0.5, 0.6) is 0 Å². The first-order valence-corrected chi connectivity index (χ1v) is 8.72. The second-order valence-corrected chi connectivity index (χ2v) is 7.18. The van der Waals surface area contributed by atoms with Crippen LogP contribution in [0.25, 0.3) is 0 Å². The molecular weight excluding hydrogens is 328 g/mol. The molecule has 0 spiro atoms. The molecule has 1 saturated heterocycles. The van der Waals surface area contributed by atoms with E-state index in [2.05, 4.69) is 0 Å². The summed E-state index contributed by atoms with van der Waals surface area (Å²) in [6.45, 7) is 0.171. The summed E-state index contributed by atoms with van der Waals surface area (Å²) in [5, 5.41) is 9.55. The fourth-order valence-electron chi connectivity index (χ4n) is 3.51. The molecule has 0 saturated carbocycles. The first-order chi connectivity index (χ1) is 11.5. The molecule has 0 radical (unpaired) electrons. The average molecular weight is 344 g/mol. The number of fused-ring (bicyclic) bond motifs is 3. The van der Waals surface area contributed by atoms with E-state index < -0.39 is 6.04 Å². The Kier molecular flexibility index (Phi) is 3.51. The molecule has 2 aliphatic heterocycles. The highest BCUT2D eigenvalue weighted by Gasteiger charge is 2.47. The van der Waals surface area contributed by atoms with E-state index in [1.165, 1.54) is 16.7 Å². The monoisotopic (exact) mass is 344 g/mol. The summed E-state index contributed by atoms with van der Waals surface area (Å²) in [6.07, 6.45) is 0. The number of rotatable bonds is 1. The van der Waals surface area contributed by atoms with Crippen molar-refractivity contribution in [1.82, 2.24) is 9.80 Å². The van der Waals surface area contributed by atoms with Crippen LogP contribution in [-0.2, 0) is 4.79 Å². The van der Waals surface area contributed by atoms with Crippen molar-refractivity contribution in [3.05, 3.63) is 46.0 Å². The Hall–Kier alpha value is -2.12. The molecule has 124 valence electrons. The van der Waals surface area contributed by atoms with Crippen LogP contribution >= 0.6 is 11.8 Å². The lowest BCUT2D eigenvalue weighted by Gasteiger charge is -2.48. The fraction of sp³-hybridized carbons (Fsp3) is 0.353. The molecule has 1 aromatic carbocycles. The van der Waals surface area contributed by atoms with Crippen molar-refractivity contribution in [3.63, 3.8) is 0 Å². The van der Waals surface area contributed by atoms with Crippen LogP contribution in [0.15, 0.2) is 34.9 Å². The molecule has 1 aliphatic carbocycles. The molecule has 0 bridgehead atoms. The molecule has 0 unspecified atom stereocenters. The van der Waals surface area contributed by atoms with E-state index in [-0.39, 0.29) is 30.1 Å². The number of aliphatic hydroxyl groups excluding tert-OH is 1. The Balaban J connectivity index is 1.83. The molecule has 3 aliphatic rings. The van der Waals surface area contributed by atoms with Gasteiger partial charge in [-0.1, -0.05) is 24.3 Å². The van der Waals surface area contributed by atoms with Crippen molar-refractivity contribution in [1.29, 1.82) is 0 Å². The highest BCUT2D eigenvalue weighted by Crippen LogP contribution is 2.41. The van der Waals surface area contributed by atoms with Crippen LogP contribution in [0.4, 0.5) is 0 Å². The second kappa shape index (κ2) is 5.46. The van der Waals surface area contributed by atoms with Crippen LogP contribution < -0.4 is 0 Å². The number of likely N-dealkylation sites (N-methyl/N-ethyl adjacent to an activating group) is 1. The van der Waals surface area contributed by atoms with E-state index in [1.54, 1.807) is 36.2 Å². The molecule has 1 fully saturated rings. The van der Waals surface area contributed by atoms with Crippen molar-refractivity contribution in [2.24, 2.45) is 0 Å². The Labute approximate surface area is 143 Å². The van der Waals surface area contributed by atoms with E-state index in [1.807, 2.05) is 0 Å². The number of carbonyl (C=O) groups excluding carboxylic acids is 3. The number of carbonyl (C=O) groups is 3. The molecule has 1 amide bonds. The molecule has 2 atom stereocenters. The number of aliphatic hydroxyl groups is 1. The van der Waals surface area contributed by atoms with E-state index in [4.69, 9.17) is 0 Å². The van der Waals surface area contributed by atoms with Gasteiger partial charge in [-0.3, -0.25) is 14.4 Å². The molecule has 1 aromatic rings. The number of thioether (sulfide) groups is 1. The molecule has 6 nitrogen and oxygen atoms in total. The van der Waals surface area contributed by atoms with Crippen molar-refractivity contribution in [3.8, 4) is 0 Å². The van der Waals surface area contributed by atoms with E-state index in [0.29, 0.717) is 34.0 Å². The maximum absolute atomic E-state index is 13.0. The van der Waals surface area contributed by atoms with Gasteiger partial charge in [-0.05, 0) is 0 Å². The predicted octanol–water partition coefficient (Wildman–Crippen LogP) is 0.527. The normalized spacial score (nSPS) is 26.3. The predicted molar refractivity (Wildman–Crippen MR) is 88.7 cm³/mol. The number of ketones is 2. The first-order valence-electron chi connectivity index (χ1n) is 7.74.